The van der Waals surface area contributed by atoms with E-state index >= 15 is 0 Å². The lowest BCUT2D eigenvalue weighted by atomic mass is 10.1. The van der Waals surface area contributed by atoms with Crippen molar-refractivity contribution < 1.29 is 9.59 Å². The summed E-state index contributed by atoms with van der Waals surface area (Å²) in [5, 5.41) is 10.1. The number of benzene rings is 1. The first-order valence-electron chi connectivity index (χ1n) is 7.95. The summed E-state index contributed by atoms with van der Waals surface area (Å²) in [4.78, 5) is 23.6. The van der Waals surface area contributed by atoms with Crippen LogP contribution in [0, 0.1) is 0 Å². The van der Waals surface area contributed by atoms with Crippen LogP contribution in [0.5, 0.6) is 0 Å². The highest BCUT2D eigenvalue weighted by atomic mass is 16.2. The van der Waals surface area contributed by atoms with Gasteiger partial charge in [0.2, 0.25) is 11.8 Å². The first kappa shape index (κ1) is 14.0. The van der Waals surface area contributed by atoms with Crippen molar-refractivity contribution in [3.8, 4) is 0 Å². The topological polar surface area (TPSA) is 76.0 Å². The predicted molar refractivity (Wildman–Crippen MR) is 86.3 cm³/mol. The molecule has 2 aromatic rings. The van der Waals surface area contributed by atoms with Gasteiger partial charge in [0.25, 0.3) is 0 Å². The Kier molecular flexibility index (Phi) is 3.37. The van der Waals surface area contributed by atoms with E-state index in [0.29, 0.717) is 12.2 Å². The van der Waals surface area contributed by atoms with Crippen LogP contribution in [0.4, 0.5) is 11.5 Å². The van der Waals surface area contributed by atoms with Crippen molar-refractivity contribution in [2.45, 2.75) is 38.6 Å². The standard InChI is InChI=1S/C17H18N4O2/c22-16(19-15-10-13-3-1-2-6-21(13)20-15)8-11-4-5-12-9-17(23)18-14(12)7-11/h4-5,7,10H,1-3,6,8-9H2,(H,18,23)(H,19,20,22). The van der Waals surface area contributed by atoms with Crippen LogP contribution in [0.2, 0.25) is 0 Å². The second-order valence-electron chi connectivity index (χ2n) is 6.14. The number of amides is 2. The van der Waals surface area contributed by atoms with E-state index in [1.54, 1.807) is 0 Å². The van der Waals surface area contributed by atoms with Crippen LogP contribution in [0.1, 0.15) is 29.7 Å². The first-order chi connectivity index (χ1) is 11.2. The van der Waals surface area contributed by atoms with Gasteiger partial charge in [0.15, 0.2) is 5.82 Å². The number of carbonyl (C=O) groups excluding carboxylic acids is 2. The molecule has 6 nitrogen and oxygen atoms in total. The van der Waals surface area contributed by atoms with E-state index in [9.17, 15) is 9.59 Å². The Morgan fingerprint density at radius 3 is 3.09 bits per heavy atom. The molecule has 4 rings (SSSR count). The van der Waals surface area contributed by atoms with Gasteiger partial charge in [-0.25, -0.2) is 0 Å². The lowest BCUT2D eigenvalue weighted by Gasteiger charge is -2.11. The van der Waals surface area contributed by atoms with Crippen molar-refractivity contribution in [1.29, 1.82) is 0 Å². The molecule has 23 heavy (non-hydrogen) atoms. The molecule has 2 amide bonds. The van der Waals surface area contributed by atoms with Crippen LogP contribution in [0.15, 0.2) is 24.3 Å². The van der Waals surface area contributed by atoms with E-state index in [0.717, 1.165) is 36.2 Å². The number of carbonyl (C=O) groups is 2. The van der Waals surface area contributed by atoms with E-state index in [1.807, 2.05) is 28.9 Å². The van der Waals surface area contributed by atoms with Gasteiger partial charge in [-0.15, -0.1) is 0 Å². The van der Waals surface area contributed by atoms with Crippen molar-refractivity contribution in [2.24, 2.45) is 0 Å². The van der Waals surface area contributed by atoms with Gasteiger partial charge in [-0.2, -0.15) is 5.10 Å². The van der Waals surface area contributed by atoms with Gasteiger partial charge in [0.1, 0.15) is 0 Å². The predicted octanol–water partition coefficient (Wildman–Crippen LogP) is 1.90. The molecule has 2 aliphatic heterocycles. The third kappa shape index (κ3) is 2.84. The highest BCUT2D eigenvalue weighted by Crippen LogP contribution is 2.24. The van der Waals surface area contributed by atoms with Crippen LogP contribution < -0.4 is 10.6 Å². The molecule has 0 spiro atoms. The summed E-state index contributed by atoms with van der Waals surface area (Å²) in [6, 6.07) is 7.64. The van der Waals surface area contributed by atoms with Crippen LogP contribution >= 0.6 is 0 Å². The summed E-state index contributed by atoms with van der Waals surface area (Å²) in [5.41, 5.74) is 3.87. The van der Waals surface area contributed by atoms with Crippen molar-refractivity contribution in [2.75, 3.05) is 10.6 Å². The van der Waals surface area contributed by atoms with E-state index in [-0.39, 0.29) is 18.2 Å². The maximum Gasteiger partial charge on any atom is 0.229 e. The van der Waals surface area contributed by atoms with Crippen molar-refractivity contribution >= 4 is 23.3 Å². The minimum Gasteiger partial charge on any atom is -0.326 e. The van der Waals surface area contributed by atoms with Crippen LogP contribution in [0.3, 0.4) is 0 Å². The van der Waals surface area contributed by atoms with Crippen molar-refractivity contribution in [3.05, 3.63) is 41.1 Å². The fourth-order valence-electron chi connectivity index (χ4n) is 3.22. The molecule has 118 valence electrons. The monoisotopic (exact) mass is 310 g/mol. The van der Waals surface area contributed by atoms with Gasteiger partial charge in [0.05, 0.1) is 12.8 Å². The second kappa shape index (κ2) is 5.53. The number of rotatable bonds is 3. The Labute approximate surface area is 133 Å². The number of hydrogen-bond acceptors (Lipinski definition) is 3. The van der Waals surface area contributed by atoms with Crippen LogP contribution in [0.25, 0.3) is 0 Å². The zero-order valence-electron chi connectivity index (χ0n) is 12.8. The second-order valence-corrected chi connectivity index (χ2v) is 6.14. The highest BCUT2D eigenvalue weighted by Gasteiger charge is 2.18. The molecule has 3 heterocycles. The SMILES string of the molecule is O=C(Cc1ccc2c(c1)NC(=O)C2)Nc1cc2n(n1)CCCC2. The summed E-state index contributed by atoms with van der Waals surface area (Å²) in [7, 11) is 0. The molecular formula is C17H18N4O2. The lowest BCUT2D eigenvalue weighted by molar-refractivity contribution is -0.116. The van der Waals surface area contributed by atoms with E-state index in [2.05, 4.69) is 15.7 Å². The molecule has 0 bridgehead atoms. The molecule has 1 aromatic carbocycles. The van der Waals surface area contributed by atoms with E-state index in [4.69, 9.17) is 0 Å². The average molecular weight is 310 g/mol. The molecule has 0 saturated carbocycles. The molecule has 0 atom stereocenters. The first-order valence-corrected chi connectivity index (χ1v) is 7.95. The van der Waals surface area contributed by atoms with Crippen molar-refractivity contribution in [1.82, 2.24) is 9.78 Å². The maximum absolute atomic E-state index is 12.2. The van der Waals surface area contributed by atoms with Crippen LogP contribution in [-0.4, -0.2) is 21.6 Å². The Morgan fingerprint density at radius 2 is 2.22 bits per heavy atom. The number of anilines is 2. The molecule has 1 aromatic heterocycles. The average Bonchev–Trinajstić information content (AvgIpc) is 3.07. The molecule has 0 radical (unpaired) electrons. The summed E-state index contributed by atoms with van der Waals surface area (Å²) in [5.74, 6) is 0.538. The van der Waals surface area contributed by atoms with E-state index < -0.39 is 0 Å². The minimum absolute atomic E-state index is 0.00481. The van der Waals surface area contributed by atoms with Gasteiger partial charge < -0.3 is 10.6 Å². The molecule has 6 heteroatoms. The molecule has 0 fully saturated rings. The fraction of sp³-hybridized carbons (Fsp3) is 0.353. The summed E-state index contributed by atoms with van der Waals surface area (Å²) >= 11 is 0. The van der Waals surface area contributed by atoms with Gasteiger partial charge in [-0.05, 0) is 36.5 Å². The molecule has 0 aliphatic carbocycles. The Balaban J connectivity index is 1.43. The van der Waals surface area contributed by atoms with Crippen LogP contribution in [-0.2, 0) is 35.4 Å². The number of hydrogen-bond donors (Lipinski definition) is 2. The number of aromatic nitrogens is 2. The zero-order valence-corrected chi connectivity index (χ0v) is 12.8. The number of fused-ring (bicyclic) bond motifs is 2. The molecule has 0 saturated heterocycles. The summed E-state index contributed by atoms with van der Waals surface area (Å²) in [6.07, 6.45) is 4.03. The number of nitrogens with one attached hydrogen (secondary N) is 2. The zero-order chi connectivity index (χ0) is 15.8. The summed E-state index contributed by atoms with van der Waals surface area (Å²) in [6.45, 7) is 0.926. The Bertz CT molecular complexity index is 770. The normalized spacial score (nSPS) is 15.7. The van der Waals surface area contributed by atoms with Gasteiger partial charge in [-0.1, -0.05) is 12.1 Å². The number of aryl methyl sites for hydroxylation is 2. The Hall–Kier alpha value is -2.63. The third-order valence-electron chi connectivity index (χ3n) is 4.35. The third-order valence-corrected chi connectivity index (χ3v) is 4.35. The molecule has 2 aliphatic rings. The van der Waals surface area contributed by atoms with Gasteiger partial charge >= 0.3 is 0 Å². The highest BCUT2D eigenvalue weighted by molar-refractivity contribution is 5.99. The maximum atomic E-state index is 12.2. The largest absolute Gasteiger partial charge is 0.326 e. The quantitative estimate of drug-likeness (QED) is 0.909. The molecule has 2 N–H and O–H groups in total. The molecular weight excluding hydrogens is 292 g/mol. The smallest absolute Gasteiger partial charge is 0.229 e. The van der Waals surface area contributed by atoms with Crippen molar-refractivity contribution in [3.63, 3.8) is 0 Å². The molecule has 0 unspecified atom stereocenters. The van der Waals surface area contributed by atoms with Gasteiger partial charge in [-0.3, -0.25) is 14.3 Å². The van der Waals surface area contributed by atoms with Gasteiger partial charge in [0, 0.05) is 24.0 Å². The summed E-state index contributed by atoms with van der Waals surface area (Å²) < 4.78 is 1.98. The fourth-order valence-corrected chi connectivity index (χ4v) is 3.22. The minimum atomic E-state index is -0.0929. The lowest BCUT2D eigenvalue weighted by Crippen LogP contribution is -2.15. The number of nitrogens with zero attached hydrogens (tertiary/aromatic N) is 2. The Morgan fingerprint density at radius 1 is 1.30 bits per heavy atom. The van der Waals surface area contributed by atoms with E-state index in [1.165, 1.54) is 12.1 Å².